The summed E-state index contributed by atoms with van der Waals surface area (Å²) in [4.78, 5) is 11.3. The van der Waals surface area contributed by atoms with Crippen molar-refractivity contribution in [1.82, 2.24) is 14.8 Å². The number of benzene rings is 1. The van der Waals surface area contributed by atoms with Gasteiger partial charge in [-0.15, -0.1) is 10.2 Å². The van der Waals surface area contributed by atoms with Gasteiger partial charge in [0.25, 0.3) is 0 Å². The van der Waals surface area contributed by atoms with Crippen LogP contribution < -0.4 is 5.32 Å². The number of hydrogen-bond donors (Lipinski definition) is 2. The van der Waals surface area contributed by atoms with E-state index in [0.717, 1.165) is 6.54 Å². The smallest absolute Gasteiger partial charge is 0.336 e. The van der Waals surface area contributed by atoms with Crippen LogP contribution in [0.4, 0.5) is 5.95 Å². The molecule has 0 spiro atoms. The first-order valence-electron chi connectivity index (χ1n) is 6.18. The van der Waals surface area contributed by atoms with Gasteiger partial charge < -0.3 is 10.4 Å². The van der Waals surface area contributed by atoms with Crippen LogP contribution in [0.25, 0.3) is 11.4 Å². The number of aromatic nitrogens is 3. The van der Waals surface area contributed by atoms with Gasteiger partial charge in [0.15, 0.2) is 5.82 Å². The Balaban J connectivity index is 2.56. The molecule has 0 aliphatic heterocycles. The minimum atomic E-state index is -0.966. The van der Waals surface area contributed by atoms with Crippen molar-refractivity contribution in [3.8, 4) is 11.4 Å². The number of nitrogens with zero attached hydrogens (tertiary/aromatic N) is 3. The highest BCUT2D eigenvalue weighted by Crippen LogP contribution is 2.24. The van der Waals surface area contributed by atoms with Crippen LogP contribution in [0.3, 0.4) is 0 Å². The lowest BCUT2D eigenvalue weighted by atomic mass is 10.1. The van der Waals surface area contributed by atoms with E-state index in [2.05, 4.69) is 15.5 Å². The largest absolute Gasteiger partial charge is 0.478 e. The molecule has 100 valence electrons. The summed E-state index contributed by atoms with van der Waals surface area (Å²) in [6, 6.07) is 6.81. The first kappa shape index (κ1) is 13.1. The number of carboxylic acid groups (broad SMARTS) is 1. The van der Waals surface area contributed by atoms with E-state index in [9.17, 15) is 9.90 Å². The van der Waals surface area contributed by atoms with Gasteiger partial charge in [-0.3, -0.25) is 4.57 Å². The Bertz CT molecular complexity index is 592. The molecule has 0 fully saturated rings. The topological polar surface area (TPSA) is 80.0 Å². The van der Waals surface area contributed by atoms with E-state index in [1.54, 1.807) is 24.3 Å². The van der Waals surface area contributed by atoms with Crippen LogP contribution >= 0.6 is 0 Å². The quantitative estimate of drug-likeness (QED) is 0.860. The van der Waals surface area contributed by atoms with Crippen molar-refractivity contribution < 1.29 is 9.90 Å². The van der Waals surface area contributed by atoms with Crippen LogP contribution in [0, 0.1) is 0 Å². The van der Waals surface area contributed by atoms with Crippen molar-refractivity contribution >= 4 is 11.9 Å². The van der Waals surface area contributed by atoms with Crippen LogP contribution in [-0.4, -0.2) is 32.4 Å². The molecule has 2 N–H and O–H groups in total. The summed E-state index contributed by atoms with van der Waals surface area (Å²) in [5, 5.41) is 20.5. The van der Waals surface area contributed by atoms with Gasteiger partial charge in [-0.05, 0) is 19.9 Å². The van der Waals surface area contributed by atoms with Crippen LogP contribution in [0.15, 0.2) is 24.3 Å². The van der Waals surface area contributed by atoms with Crippen LogP contribution in [0.5, 0.6) is 0 Å². The molecule has 1 heterocycles. The SMILES string of the molecule is CCNc1nnc(-c2ccccc2C(=O)O)n1CC. The van der Waals surface area contributed by atoms with Crippen molar-refractivity contribution in [3.05, 3.63) is 29.8 Å². The van der Waals surface area contributed by atoms with Crippen LogP contribution in [-0.2, 0) is 6.54 Å². The molecule has 6 nitrogen and oxygen atoms in total. The van der Waals surface area contributed by atoms with E-state index in [1.165, 1.54) is 0 Å². The number of carbonyl (C=O) groups is 1. The molecule has 0 radical (unpaired) electrons. The molecule has 0 atom stereocenters. The van der Waals surface area contributed by atoms with Crippen molar-refractivity contribution in [2.24, 2.45) is 0 Å². The lowest BCUT2D eigenvalue weighted by Crippen LogP contribution is -2.08. The van der Waals surface area contributed by atoms with E-state index in [4.69, 9.17) is 0 Å². The molecular formula is C13H16N4O2. The summed E-state index contributed by atoms with van der Waals surface area (Å²) in [5.74, 6) is 0.253. The molecule has 0 amide bonds. The van der Waals surface area contributed by atoms with Gasteiger partial charge in [-0.1, -0.05) is 18.2 Å². The van der Waals surface area contributed by atoms with Crippen molar-refractivity contribution in [2.75, 3.05) is 11.9 Å². The highest BCUT2D eigenvalue weighted by molar-refractivity contribution is 5.95. The standard InChI is InChI=1S/C13H16N4O2/c1-3-14-13-16-15-11(17(13)4-2)9-7-5-6-8-10(9)12(18)19/h5-8H,3-4H2,1-2H3,(H,14,16)(H,18,19). The Labute approximate surface area is 111 Å². The number of nitrogens with one attached hydrogen (secondary N) is 1. The molecule has 0 aliphatic carbocycles. The Morgan fingerprint density at radius 1 is 1.32 bits per heavy atom. The van der Waals surface area contributed by atoms with E-state index >= 15 is 0 Å². The third-order valence-corrected chi connectivity index (χ3v) is 2.80. The second kappa shape index (κ2) is 5.51. The predicted octanol–water partition coefficient (Wildman–Crippen LogP) is 2.09. The number of aromatic carboxylic acids is 1. The molecule has 0 saturated carbocycles. The predicted molar refractivity (Wildman–Crippen MR) is 72.3 cm³/mol. The molecule has 0 bridgehead atoms. The Morgan fingerprint density at radius 3 is 2.68 bits per heavy atom. The second-order valence-corrected chi connectivity index (χ2v) is 3.97. The molecule has 19 heavy (non-hydrogen) atoms. The Kier molecular flexibility index (Phi) is 3.79. The molecule has 1 aromatic carbocycles. The van der Waals surface area contributed by atoms with Crippen LogP contribution in [0.1, 0.15) is 24.2 Å². The number of rotatable bonds is 5. The summed E-state index contributed by atoms with van der Waals surface area (Å²) in [6.07, 6.45) is 0. The summed E-state index contributed by atoms with van der Waals surface area (Å²) in [7, 11) is 0. The minimum absolute atomic E-state index is 0.229. The zero-order chi connectivity index (χ0) is 13.8. The fourth-order valence-corrected chi connectivity index (χ4v) is 1.96. The fourth-order valence-electron chi connectivity index (χ4n) is 1.96. The summed E-state index contributed by atoms with van der Waals surface area (Å²) < 4.78 is 1.87. The zero-order valence-electron chi connectivity index (χ0n) is 10.9. The zero-order valence-corrected chi connectivity index (χ0v) is 10.9. The van der Waals surface area contributed by atoms with Crippen molar-refractivity contribution in [1.29, 1.82) is 0 Å². The number of anilines is 1. The maximum Gasteiger partial charge on any atom is 0.336 e. The average Bonchev–Trinajstić information content (AvgIpc) is 2.82. The number of carboxylic acids is 1. The summed E-state index contributed by atoms with van der Waals surface area (Å²) in [5.41, 5.74) is 0.807. The summed E-state index contributed by atoms with van der Waals surface area (Å²) >= 11 is 0. The van der Waals surface area contributed by atoms with E-state index < -0.39 is 5.97 Å². The molecule has 1 aromatic heterocycles. The normalized spacial score (nSPS) is 10.4. The molecule has 0 unspecified atom stereocenters. The maximum atomic E-state index is 11.3. The second-order valence-electron chi connectivity index (χ2n) is 3.97. The van der Waals surface area contributed by atoms with Gasteiger partial charge in [0.1, 0.15) is 0 Å². The molecular weight excluding hydrogens is 244 g/mol. The van der Waals surface area contributed by atoms with Gasteiger partial charge >= 0.3 is 5.97 Å². The van der Waals surface area contributed by atoms with Gasteiger partial charge in [-0.2, -0.15) is 0 Å². The lowest BCUT2D eigenvalue weighted by molar-refractivity contribution is 0.0697. The van der Waals surface area contributed by atoms with Crippen molar-refractivity contribution in [2.45, 2.75) is 20.4 Å². The van der Waals surface area contributed by atoms with Crippen molar-refractivity contribution in [3.63, 3.8) is 0 Å². The van der Waals surface area contributed by atoms with Gasteiger partial charge in [0.05, 0.1) is 5.56 Å². The van der Waals surface area contributed by atoms with E-state index in [-0.39, 0.29) is 5.56 Å². The molecule has 2 aromatic rings. The molecule has 2 rings (SSSR count). The minimum Gasteiger partial charge on any atom is -0.478 e. The highest BCUT2D eigenvalue weighted by atomic mass is 16.4. The molecule has 6 heteroatoms. The first-order valence-corrected chi connectivity index (χ1v) is 6.18. The molecule has 0 saturated heterocycles. The highest BCUT2D eigenvalue weighted by Gasteiger charge is 2.17. The van der Waals surface area contributed by atoms with E-state index in [1.807, 2.05) is 18.4 Å². The first-order chi connectivity index (χ1) is 9.19. The van der Waals surface area contributed by atoms with E-state index in [0.29, 0.717) is 23.9 Å². The summed E-state index contributed by atoms with van der Waals surface area (Å²) in [6.45, 7) is 5.34. The van der Waals surface area contributed by atoms with Gasteiger partial charge in [0, 0.05) is 18.7 Å². The third-order valence-electron chi connectivity index (χ3n) is 2.80. The average molecular weight is 260 g/mol. The monoisotopic (exact) mass is 260 g/mol. The van der Waals surface area contributed by atoms with Gasteiger partial charge in [0.2, 0.25) is 5.95 Å². The van der Waals surface area contributed by atoms with Crippen LogP contribution in [0.2, 0.25) is 0 Å². The molecule has 0 aliphatic rings. The maximum absolute atomic E-state index is 11.3. The lowest BCUT2D eigenvalue weighted by Gasteiger charge is -2.09. The fraction of sp³-hybridized carbons (Fsp3) is 0.308. The van der Waals surface area contributed by atoms with Gasteiger partial charge in [-0.25, -0.2) is 4.79 Å². The Morgan fingerprint density at radius 2 is 2.05 bits per heavy atom. The Hall–Kier alpha value is -2.37. The third kappa shape index (κ3) is 2.42. The number of hydrogen-bond acceptors (Lipinski definition) is 4.